The maximum absolute atomic E-state index is 14.3. The molecule has 1 aromatic carbocycles. The fraction of sp³-hybridized carbons (Fsp3) is 0.412. The monoisotopic (exact) mass is 400 g/mol. The Morgan fingerprint density at radius 1 is 1.42 bits per heavy atom. The van der Waals surface area contributed by atoms with E-state index in [1.807, 2.05) is 38.1 Å². The highest BCUT2D eigenvalue weighted by Gasteiger charge is 2.23. The van der Waals surface area contributed by atoms with Gasteiger partial charge >= 0.3 is 0 Å². The summed E-state index contributed by atoms with van der Waals surface area (Å²) >= 11 is 0.796. The third-order valence-electron chi connectivity index (χ3n) is 3.92. The molecule has 3 N–H and O–H groups in total. The first-order valence-corrected chi connectivity index (χ1v) is 8.95. The average molecular weight is 401 g/mol. The van der Waals surface area contributed by atoms with Crippen LogP contribution in [0.5, 0.6) is 0 Å². The Balaban J connectivity index is 0.00000243. The van der Waals surface area contributed by atoms with Gasteiger partial charge in [0.25, 0.3) is 0 Å². The molecule has 1 aromatic heterocycles. The molecule has 1 aliphatic rings. The van der Waals surface area contributed by atoms with E-state index in [0.717, 1.165) is 30.1 Å². The van der Waals surface area contributed by atoms with Gasteiger partial charge in [-0.1, -0.05) is 23.5 Å². The molecule has 1 fully saturated rings. The van der Waals surface area contributed by atoms with Gasteiger partial charge < -0.3 is 20.7 Å². The van der Waals surface area contributed by atoms with Crippen molar-refractivity contribution in [1.82, 2.24) is 4.98 Å². The maximum Gasteiger partial charge on any atom is 0.239 e. The Labute approximate surface area is 162 Å². The van der Waals surface area contributed by atoms with Gasteiger partial charge in [-0.2, -0.15) is 4.39 Å². The normalized spacial score (nSPS) is 19.8. The van der Waals surface area contributed by atoms with E-state index in [4.69, 9.17) is 10.5 Å². The summed E-state index contributed by atoms with van der Waals surface area (Å²) in [5.74, 6) is -0.398. The molecule has 142 valence electrons. The second kappa shape index (κ2) is 8.77. The summed E-state index contributed by atoms with van der Waals surface area (Å²) in [6.45, 7) is 5.48. The lowest BCUT2D eigenvalue weighted by molar-refractivity contribution is -0.114. The molecule has 26 heavy (non-hydrogen) atoms. The van der Waals surface area contributed by atoms with Crippen LogP contribution >= 0.6 is 23.7 Å². The molecule has 9 heteroatoms. The van der Waals surface area contributed by atoms with Crippen LogP contribution in [-0.2, 0) is 9.53 Å². The van der Waals surface area contributed by atoms with Crippen molar-refractivity contribution < 1.29 is 13.9 Å². The third-order valence-corrected chi connectivity index (χ3v) is 4.68. The van der Waals surface area contributed by atoms with Crippen LogP contribution in [0.15, 0.2) is 24.3 Å². The van der Waals surface area contributed by atoms with E-state index in [2.05, 4.69) is 15.2 Å². The Hall–Kier alpha value is -1.74. The SMILES string of the molecule is C[C@@H]1CN(c2cccc(-c3nc(NC(=O)CN)sc3F)c2)C[C@H](C)O1.Cl. The highest BCUT2D eigenvalue weighted by Crippen LogP contribution is 2.32. The van der Waals surface area contributed by atoms with Gasteiger partial charge in [0.2, 0.25) is 11.0 Å². The van der Waals surface area contributed by atoms with Crippen LogP contribution in [0.2, 0.25) is 0 Å². The number of thiazole rings is 1. The van der Waals surface area contributed by atoms with Gasteiger partial charge in [-0.3, -0.25) is 4.79 Å². The van der Waals surface area contributed by atoms with Crippen LogP contribution in [0.4, 0.5) is 15.2 Å². The maximum atomic E-state index is 14.3. The first kappa shape index (κ1) is 20.6. The molecule has 1 saturated heterocycles. The van der Waals surface area contributed by atoms with E-state index in [1.165, 1.54) is 0 Å². The molecule has 3 rings (SSSR count). The minimum absolute atomic E-state index is 0. The van der Waals surface area contributed by atoms with Crippen LogP contribution in [0.3, 0.4) is 0 Å². The number of carbonyl (C=O) groups excluding carboxylic acids is 1. The smallest absolute Gasteiger partial charge is 0.239 e. The first-order valence-electron chi connectivity index (χ1n) is 8.13. The van der Waals surface area contributed by atoms with Crippen molar-refractivity contribution >= 4 is 40.5 Å². The summed E-state index contributed by atoms with van der Waals surface area (Å²) in [5, 5.41) is 2.26. The quantitative estimate of drug-likeness (QED) is 0.824. The minimum Gasteiger partial charge on any atom is -0.372 e. The summed E-state index contributed by atoms with van der Waals surface area (Å²) in [7, 11) is 0. The van der Waals surface area contributed by atoms with Gasteiger partial charge in [0, 0.05) is 24.3 Å². The van der Waals surface area contributed by atoms with Crippen LogP contribution in [0.25, 0.3) is 11.3 Å². The molecular formula is C17H22ClFN4O2S. The fourth-order valence-corrected chi connectivity index (χ4v) is 3.67. The predicted octanol–water partition coefficient (Wildman–Crippen LogP) is 2.88. The number of morpholine rings is 1. The number of halogens is 2. The molecule has 0 radical (unpaired) electrons. The second-order valence-electron chi connectivity index (χ2n) is 6.11. The molecule has 2 heterocycles. The Morgan fingerprint density at radius 3 is 2.77 bits per heavy atom. The predicted molar refractivity (Wildman–Crippen MR) is 105 cm³/mol. The molecule has 0 unspecified atom stereocenters. The number of nitrogens with two attached hydrogens (primary N) is 1. The lowest BCUT2D eigenvalue weighted by Gasteiger charge is -2.37. The molecule has 0 spiro atoms. The van der Waals surface area contributed by atoms with Crippen molar-refractivity contribution in [1.29, 1.82) is 0 Å². The zero-order valence-electron chi connectivity index (χ0n) is 14.6. The van der Waals surface area contributed by atoms with Crippen molar-refractivity contribution in [3.05, 3.63) is 29.4 Å². The summed E-state index contributed by atoms with van der Waals surface area (Å²) < 4.78 is 20.0. The van der Waals surface area contributed by atoms with Gasteiger partial charge in [-0.05, 0) is 26.0 Å². The zero-order valence-corrected chi connectivity index (χ0v) is 16.2. The molecule has 2 aromatic rings. The summed E-state index contributed by atoms with van der Waals surface area (Å²) in [6, 6.07) is 7.60. The lowest BCUT2D eigenvalue weighted by Crippen LogP contribution is -2.45. The van der Waals surface area contributed by atoms with Crippen LogP contribution in [0.1, 0.15) is 13.8 Å². The topological polar surface area (TPSA) is 80.5 Å². The van der Waals surface area contributed by atoms with Crippen LogP contribution in [0, 0.1) is 5.13 Å². The van der Waals surface area contributed by atoms with E-state index in [1.54, 1.807) is 0 Å². The number of nitrogens with zero attached hydrogens (tertiary/aromatic N) is 2. The molecule has 1 amide bonds. The molecule has 0 aliphatic carbocycles. The standard InChI is InChI=1S/C17H21FN4O2S.ClH/c1-10-8-22(9-11(2)24-10)13-5-3-4-12(6-13)15-16(18)25-17(21-15)20-14(23)7-19;/h3-6,10-11H,7-9,19H2,1-2H3,(H,20,21,23);1H/t10-,11+;. The highest BCUT2D eigenvalue weighted by molar-refractivity contribution is 7.14. The van der Waals surface area contributed by atoms with Gasteiger partial charge in [-0.25, -0.2) is 4.98 Å². The average Bonchev–Trinajstić information content (AvgIpc) is 2.94. The van der Waals surface area contributed by atoms with Crippen LogP contribution in [-0.4, -0.2) is 42.7 Å². The number of ether oxygens (including phenoxy) is 1. The summed E-state index contributed by atoms with van der Waals surface area (Å²) in [4.78, 5) is 17.8. The van der Waals surface area contributed by atoms with E-state index < -0.39 is 11.0 Å². The van der Waals surface area contributed by atoms with Crippen molar-refractivity contribution in [2.45, 2.75) is 26.1 Å². The number of hydrogen-bond acceptors (Lipinski definition) is 6. The van der Waals surface area contributed by atoms with Gasteiger partial charge in [0.1, 0.15) is 5.69 Å². The van der Waals surface area contributed by atoms with Crippen molar-refractivity contribution in [2.75, 3.05) is 29.9 Å². The molecule has 6 nitrogen and oxygen atoms in total. The van der Waals surface area contributed by atoms with Crippen LogP contribution < -0.4 is 16.0 Å². The summed E-state index contributed by atoms with van der Waals surface area (Å²) in [6.07, 6.45) is 0.281. The number of benzene rings is 1. The number of carbonyl (C=O) groups is 1. The number of anilines is 2. The van der Waals surface area contributed by atoms with Crippen molar-refractivity contribution in [3.63, 3.8) is 0 Å². The lowest BCUT2D eigenvalue weighted by atomic mass is 10.1. The third kappa shape index (κ3) is 4.70. The zero-order chi connectivity index (χ0) is 18.0. The van der Waals surface area contributed by atoms with Crippen molar-refractivity contribution in [3.8, 4) is 11.3 Å². The molecule has 0 saturated carbocycles. The number of nitrogens with one attached hydrogen (secondary N) is 1. The Bertz CT molecular complexity index is 763. The van der Waals surface area contributed by atoms with E-state index >= 15 is 0 Å². The Kier molecular flexibility index (Phi) is 6.94. The van der Waals surface area contributed by atoms with Gasteiger partial charge in [0.05, 0.1) is 18.8 Å². The largest absolute Gasteiger partial charge is 0.372 e. The molecule has 0 bridgehead atoms. The first-order chi connectivity index (χ1) is 12.0. The summed E-state index contributed by atoms with van der Waals surface area (Å²) in [5.41, 5.74) is 7.16. The molecular weight excluding hydrogens is 379 g/mol. The van der Waals surface area contributed by atoms with Crippen molar-refractivity contribution in [2.24, 2.45) is 5.73 Å². The molecule has 1 aliphatic heterocycles. The number of hydrogen-bond donors (Lipinski definition) is 2. The minimum atomic E-state index is -0.437. The van der Waals surface area contributed by atoms with E-state index in [0.29, 0.717) is 5.56 Å². The Morgan fingerprint density at radius 2 is 2.12 bits per heavy atom. The number of rotatable bonds is 4. The molecule has 2 atom stereocenters. The van der Waals surface area contributed by atoms with Gasteiger partial charge in [-0.15, -0.1) is 12.4 Å². The van der Waals surface area contributed by atoms with E-state index in [9.17, 15) is 9.18 Å². The van der Waals surface area contributed by atoms with Gasteiger partial charge in [0.15, 0.2) is 5.13 Å². The number of amides is 1. The second-order valence-corrected chi connectivity index (χ2v) is 7.06. The highest BCUT2D eigenvalue weighted by atomic mass is 35.5. The fourth-order valence-electron chi connectivity index (χ4n) is 2.94. The van der Waals surface area contributed by atoms with E-state index in [-0.39, 0.29) is 42.0 Å². The number of aromatic nitrogens is 1.